The summed E-state index contributed by atoms with van der Waals surface area (Å²) in [4.78, 5) is 2.08. The molecule has 1 aliphatic heterocycles. The molecule has 5 nitrogen and oxygen atoms in total. The zero-order valence-electron chi connectivity index (χ0n) is 9.05. The quantitative estimate of drug-likeness (QED) is 0.808. The number of hydrogen-bond donors (Lipinski definition) is 1. The van der Waals surface area contributed by atoms with Gasteiger partial charge >= 0.3 is 0 Å². The molecule has 0 aromatic carbocycles. The Morgan fingerprint density at radius 1 is 1.25 bits per heavy atom. The lowest BCUT2D eigenvalue weighted by atomic mass is 10.4. The van der Waals surface area contributed by atoms with Crippen LogP contribution in [0.15, 0.2) is 16.5 Å². The summed E-state index contributed by atoms with van der Waals surface area (Å²) >= 11 is 0. The summed E-state index contributed by atoms with van der Waals surface area (Å²) in [5.41, 5.74) is 5.45. The molecule has 0 amide bonds. The Morgan fingerprint density at radius 3 is 2.44 bits per heavy atom. The second-order valence-corrected chi connectivity index (χ2v) is 6.30. The van der Waals surface area contributed by atoms with Crippen molar-refractivity contribution in [1.29, 1.82) is 0 Å². The molecule has 2 N–H and O–H groups in total. The van der Waals surface area contributed by atoms with Gasteiger partial charge in [-0.25, -0.2) is 8.42 Å². The molecular formula is C10H16N2O3S. The van der Waals surface area contributed by atoms with Gasteiger partial charge in [-0.15, -0.1) is 0 Å². The van der Waals surface area contributed by atoms with Crippen molar-refractivity contribution in [1.82, 2.24) is 4.90 Å². The van der Waals surface area contributed by atoms with Crippen LogP contribution in [0.25, 0.3) is 0 Å². The van der Waals surface area contributed by atoms with E-state index in [2.05, 4.69) is 4.90 Å². The summed E-state index contributed by atoms with van der Waals surface area (Å²) in [5, 5.41) is 0. The summed E-state index contributed by atoms with van der Waals surface area (Å²) in [6, 6.07) is 3.75. The van der Waals surface area contributed by atoms with E-state index in [1.807, 2.05) is 12.1 Å². The molecule has 1 aliphatic rings. The average Bonchev–Trinajstić information content (AvgIpc) is 2.69. The van der Waals surface area contributed by atoms with Gasteiger partial charge in [0.1, 0.15) is 11.5 Å². The lowest BCUT2D eigenvalue weighted by Crippen LogP contribution is -2.39. The molecule has 0 bridgehead atoms. The summed E-state index contributed by atoms with van der Waals surface area (Å²) in [5.74, 6) is 2.11. The van der Waals surface area contributed by atoms with Gasteiger partial charge in [-0.05, 0) is 12.1 Å². The van der Waals surface area contributed by atoms with Crippen molar-refractivity contribution in [2.75, 3.05) is 24.6 Å². The van der Waals surface area contributed by atoms with Gasteiger partial charge in [0, 0.05) is 13.1 Å². The highest BCUT2D eigenvalue weighted by Crippen LogP contribution is 2.12. The number of nitrogens with zero attached hydrogens (tertiary/aromatic N) is 1. The van der Waals surface area contributed by atoms with Crippen molar-refractivity contribution in [2.24, 2.45) is 5.73 Å². The maximum atomic E-state index is 11.2. The molecule has 0 spiro atoms. The van der Waals surface area contributed by atoms with Crippen LogP contribution in [-0.4, -0.2) is 37.9 Å². The Bertz CT molecular complexity index is 438. The van der Waals surface area contributed by atoms with Gasteiger partial charge in [0.25, 0.3) is 0 Å². The third-order valence-corrected chi connectivity index (χ3v) is 4.34. The summed E-state index contributed by atoms with van der Waals surface area (Å²) in [7, 11) is -2.80. The Morgan fingerprint density at radius 2 is 1.88 bits per heavy atom. The van der Waals surface area contributed by atoms with E-state index < -0.39 is 9.84 Å². The molecule has 2 heterocycles. The van der Waals surface area contributed by atoms with Crippen LogP contribution in [0.2, 0.25) is 0 Å². The van der Waals surface area contributed by atoms with Crippen molar-refractivity contribution in [3.8, 4) is 0 Å². The molecule has 0 radical (unpaired) electrons. The lowest BCUT2D eigenvalue weighted by molar-refractivity contribution is 0.259. The van der Waals surface area contributed by atoms with Crippen LogP contribution in [0.4, 0.5) is 0 Å². The first kappa shape index (κ1) is 11.6. The molecular weight excluding hydrogens is 228 g/mol. The minimum absolute atomic E-state index is 0.247. The third kappa shape index (κ3) is 2.84. The van der Waals surface area contributed by atoms with Crippen LogP contribution < -0.4 is 5.73 Å². The fourth-order valence-electron chi connectivity index (χ4n) is 1.75. The molecule has 6 heteroatoms. The number of hydrogen-bond acceptors (Lipinski definition) is 5. The second kappa shape index (κ2) is 4.57. The molecule has 1 aromatic rings. The molecule has 0 aliphatic carbocycles. The zero-order chi connectivity index (χ0) is 11.6. The summed E-state index contributed by atoms with van der Waals surface area (Å²) in [6.07, 6.45) is 0. The monoisotopic (exact) mass is 244 g/mol. The average molecular weight is 244 g/mol. The van der Waals surface area contributed by atoms with Gasteiger partial charge in [0.05, 0.1) is 24.6 Å². The molecule has 0 atom stereocenters. The van der Waals surface area contributed by atoms with Crippen LogP contribution in [0.3, 0.4) is 0 Å². The van der Waals surface area contributed by atoms with Crippen molar-refractivity contribution in [2.45, 2.75) is 13.1 Å². The fraction of sp³-hybridized carbons (Fsp3) is 0.600. The van der Waals surface area contributed by atoms with E-state index >= 15 is 0 Å². The predicted octanol–water partition coefficient (Wildman–Crippen LogP) is -0.0313. The van der Waals surface area contributed by atoms with E-state index in [0.717, 1.165) is 11.5 Å². The Hall–Kier alpha value is -0.850. The van der Waals surface area contributed by atoms with E-state index in [4.69, 9.17) is 10.2 Å². The van der Waals surface area contributed by atoms with Crippen LogP contribution >= 0.6 is 0 Å². The largest absolute Gasteiger partial charge is 0.463 e. The minimum Gasteiger partial charge on any atom is -0.463 e. The van der Waals surface area contributed by atoms with Crippen molar-refractivity contribution in [3.05, 3.63) is 23.7 Å². The van der Waals surface area contributed by atoms with Crippen LogP contribution in [-0.2, 0) is 22.9 Å². The standard InChI is InChI=1S/C10H16N2O3S/c11-7-9-1-2-10(15-9)8-12-3-5-16(13,14)6-4-12/h1-2H,3-8,11H2. The van der Waals surface area contributed by atoms with E-state index in [1.54, 1.807) is 0 Å². The first-order valence-corrected chi connectivity index (χ1v) is 7.12. The zero-order valence-corrected chi connectivity index (χ0v) is 9.87. The molecule has 2 rings (SSSR count). The number of rotatable bonds is 3. The molecule has 0 saturated carbocycles. The van der Waals surface area contributed by atoms with Crippen LogP contribution in [0.1, 0.15) is 11.5 Å². The maximum absolute atomic E-state index is 11.2. The minimum atomic E-state index is -2.80. The SMILES string of the molecule is NCc1ccc(CN2CCS(=O)(=O)CC2)o1. The molecule has 16 heavy (non-hydrogen) atoms. The Balaban J connectivity index is 1.91. The summed E-state index contributed by atoms with van der Waals surface area (Å²) in [6.45, 7) is 2.23. The fourth-order valence-corrected chi connectivity index (χ4v) is 3.02. The highest BCUT2D eigenvalue weighted by molar-refractivity contribution is 7.91. The second-order valence-electron chi connectivity index (χ2n) is 4.00. The highest BCUT2D eigenvalue weighted by atomic mass is 32.2. The topological polar surface area (TPSA) is 76.5 Å². The van der Waals surface area contributed by atoms with Gasteiger partial charge in [0.15, 0.2) is 9.84 Å². The normalized spacial score (nSPS) is 21.1. The molecule has 1 aromatic heterocycles. The van der Waals surface area contributed by atoms with E-state index in [1.165, 1.54) is 0 Å². The Labute approximate surface area is 95.1 Å². The van der Waals surface area contributed by atoms with Gasteiger partial charge in [-0.3, -0.25) is 4.90 Å². The van der Waals surface area contributed by atoms with Gasteiger partial charge in [-0.1, -0.05) is 0 Å². The third-order valence-electron chi connectivity index (χ3n) is 2.73. The van der Waals surface area contributed by atoms with Crippen molar-refractivity contribution in [3.63, 3.8) is 0 Å². The molecule has 0 unspecified atom stereocenters. The Kier molecular flexibility index (Phi) is 3.32. The number of nitrogens with two attached hydrogens (primary N) is 1. The lowest BCUT2D eigenvalue weighted by Gasteiger charge is -2.25. The summed E-state index contributed by atoms with van der Waals surface area (Å²) < 4.78 is 27.9. The first-order valence-electron chi connectivity index (χ1n) is 5.29. The van der Waals surface area contributed by atoms with Gasteiger partial charge in [0.2, 0.25) is 0 Å². The maximum Gasteiger partial charge on any atom is 0.152 e. The molecule has 1 fully saturated rings. The number of sulfone groups is 1. The van der Waals surface area contributed by atoms with Gasteiger partial charge in [-0.2, -0.15) is 0 Å². The first-order chi connectivity index (χ1) is 7.59. The van der Waals surface area contributed by atoms with E-state index in [-0.39, 0.29) is 11.5 Å². The number of furan rings is 1. The smallest absolute Gasteiger partial charge is 0.152 e. The highest BCUT2D eigenvalue weighted by Gasteiger charge is 2.22. The molecule has 1 saturated heterocycles. The predicted molar refractivity (Wildman–Crippen MR) is 60.5 cm³/mol. The van der Waals surface area contributed by atoms with E-state index in [9.17, 15) is 8.42 Å². The van der Waals surface area contributed by atoms with Crippen molar-refractivity contribution < 1.29 is 12.8 Å². The van der Waals surface area contributed by atoms with Crippen LogP contribution in [0.5, 0.6) is 0 Å². The molecule has 90 valence electrons. The van der Waals surface area contributed by atoms with Crippen molar-refractivity contribution >= 4 is 9.84 Å². The van der Waals surface area contributed by atoms with Gasteiger partial charge < -0.3 is 10.2 Å². The van der Waals surface area contributed by atoms with E-state index in [0.29, 0.717) is 26.2 Å². The van der Waals surface area contributed by atoms with Crippen LogP contribution in [0, 0.1) is 0 Å².